The van der Waals surface area contributed by atoms with Crippen LogP contribution in [0.15, 0.2) is 30.3 Å². The minimum absolute atomic E-state index is 0.196. The number of aromatic nitrogens is 2. The molecule has 1 heterocycles. The van der Waals surface area contributed by atoms with Gasteiger partial charge in [-0.1, -0.05) is 41.9 Å². The fraction of sp³-hybridized carbons (Fsp3) is 0.375. The average Bonchev–Trinajstić information content (AvgIpc) is 2.79. The van der Waals surface area contributed by atoms with Crippen molar-refractivity contribution in [2.75, 3.05) is 20.3 Å². The van der Waals surface area contributed by atoms with Crippen LogP contribution < -0.4 is 5.32 Å². The van der Waals surface area contributed by atoms with Crippen LogP contribution in [0.5, 0.6) is 0 Å². The largest absolute Gasteiger partial charge is 0.385 e. The number of amides is 1. The standard InChI is InChI=1S/C16H20ClN3O2/c1-12-14(16(21)18-9-6-10-22-2)15(17)20(19-12)11-13-7-4-3-5-8-13/h3-5,7-8H,6,9-11H2,1-2H3,(H,18,21). The summed E-state index contributed by atoms with van der Waals surface area (Å²) in [6, 6.07) is 9.88. The first-order chi connectivity index (χ1) is 10.6. The number of nitrogens with zero attached hydrogens (tertiary/aromatic N) is 2. The van der Waals surface area contributed by atoms with Crippen LogP contribution in [0, 0.1) is 6.92 Å². The predicted octanol–water partition coefficient (Wildman–Crippen LogP) is 2.66. The van der Waals surface area contributed by atoms with Crippen LogP contribution in [-0.2, 0) is 11.3 Å². The van der Waals surface area contributed by atoms with Crippen molar-refractivity contribution in [1.29, 1.82) is 0 Å². The molecule has 0 atom stereocenters. The minimum Gasteiger partial charge on any atom is -0.385 e. The Balaban J connectivity index is 2.08. The van der Waals surface area contributed by atoms with Gasteiger partial charge < -0.3 is 10.1 Å². The number of ether oxygens (including phenoxy) is 1. The molecule has 0 aliphatic carbocycles. The van der Waals surface area contributed by atoms with Crippen LogP contribution in [-0.4, -0.2) is 35.9 Å². The molecule has 0 radical (unpaired) electrons. The first-order valence-corrected chi connectivity index (χ1v) is 7.55. The van der Waals surface area contributed by atoms with Crippen LogP contribution in [0.1, 0.15) is 28.0 Å². The number of aryl methyl sites for hydroxylation is 1. The molecule has 0 aliphatic heterocycles. The summed E-state index contributed by atoms with van der Waals surface area (Å²) in [6.07, 6.45) is 0.761. The molecule has 0 aliphatic rings. The molecule has 22 heavy (non-hydrogen) atoms. The van der Waals surface area contributed by atoms with Crippen LogP contribution in [0.25, 0.3) is 0 Å². The second-order valence-corrected chi connectivity index (χ2v) is 5.35. The molecule has 0 fully saturated rings. The molecule has 2 aromatic rings. The topological polar surface area (TPSA) is 56.1 Å². The van der Waals surface area contributed by atoms with Crippen molar-refractivity contribution in [3.05, 3.63) is 52.3 Å². The number of nitrogens with one attached hydrogen (secondary N) is 1. The van der Waals surface area contributed by atoms with Gasteiger partial charge in [-0.3, -0.25) is 4.79 Å². The maximum Gasteiger partial charge on any atom is 0.256 e. The van der Waals surface area contributed by atoms with E-state index >= 15 is 0 Å². The third-order valence-corrected chi connectivity index (χ3v) is 3.66. The van der Waals surface area contributed by atoms with Gasteiger partial charge in [-0.05, 0) is 18.9 Å². The molecule has 0 saturated carbocycles. The summed E-state index contributed by atoms with van der Waals surface area (Å²) < 4.78 is 6.60. The summed E-state index contributed by atoms with van der Waals surface area (Å²) in [4.78, 5) is 12.2. The van der Waals surface area contributed by atoms with E-state index in [0.717, 1.165) is 12.0 Å². The van der Waals surface area contributed by atoms with Gasteiger partial charge in [-0.15, -0.1) is 0 Å². The molecule has 1 N–H and O–H groups in total. The summed E-state index contributed by atoms with van der Waals surface area (Å²) in [6.45, 7) is 3.49. The van der Waals surface area contributed by atoms with Gasteiger partial charge >= 0.3 is 0 Å². The van der Waals surface area contributed by atoms with E-state index in [9.17, 15) is 4.79 Å². The van der Waals surface area contributed by atoms with Gasteiger partial charge in [0.05, 0.1) is 17.8 Å². The van der Waals surface area contributed by atoms with Gasteiger partial charge in [0.15, 0.2) is 0 Å². The maximum atomic E-state index is 12.2. The number of rotatable bonds is 7. The average molecular weight is 322 g/mol. The first kappa shape index (κ1) is 16.5. The van der Waals surface area contributed by atoms with Gasteiger partial charge in [-0.2, -0.15) is 5.10 Å². The zero-order chi connectivity index (χ0) is 15.9. The molecule has 2 rings (SSSR count). The highest BCUT2D eigenvalue weighted by Crippen LogP contribution is 2.20. The fourth-order valence-corrected chi connectivity index (χ4v) is 2.50. The highest BCUT2D eigenvalue weighted by atomic mass is 35.5. The quantitative estimate of drug-likeness (QED) is 0.798. The lowest BCUT2D eigenvalue weighted by Crippen LogP contribution is -2.25. The van der Waals surface area contributed by atoms with Crippen LogP contribution >= 0.6 is 11.6 Å². The number of methoxy groups -OCH3 is 1. The van der Waals surface area contributed by atoms with Crippen molar-refractivity contribution >= 4 is 17.5 Å². The SMILES string of the molecule is COCCCNC(=O)c1c(C)nn(Cc2ccccc2)c1Cl. The maximum absolute atomic E-state index is 12.2. The molecule has 6 heteroatoms. The number of benzene rings is 1. The van der Waals surface area contributed by atoms with E-state index in [-0.39, 0.29) is 5.91 Å². The lowest BCUT2D eigenvalue weighted by atomic mass is 10.2. The molecule has 0 spiro atoms. The van der Waals surface area contributed by atoms with Gasteiger partial charge in [0, 0.05) is 20.3 Å². The molecular formula is C16H20ClN3O2. The van der Waals surface area contributed by atoms with Crippen molar-refractivity contribution in [2.45, 2.75) is 19.9 Å². The zero-order valence-corrected chi connectivity index (χ0v) is 13.6. The van der Waals surface area contributed by atoms with Crippen molar-refractivity contribution in [3.63, 3.8) is 0 Å². The first-order valence-electron chi connectivity index (χ1n) is 7.17. The summed E-state index contributed by atoms with van der Waals surface area (Å²) in [5.74, 6) is -0.196. The van der Waals surface area contributed by atoms with E-state index in [0.29, 0.717) is 36.1 Å². The number of halogens is 1. The number of hydrogen-bond acceptors (Lipinski definition) is 3. The van der Waals surface area contributed by atoms with Gasteiger partial charge in [0.25, 0.3) is 5.91 Å². The van der Waals surface area contributed by atoms with Gasteiger partial charge in [-0.25, -0.2) is 4.68 Å². The third-order valence-electron chi connectivity index (χ3n) is 3.28. The Kier molecular flexibility index (Phi) is 5.98. The molecule has 118 valence electrons. The summed E-state index contributed by atoms with van der Waals surface area (Å²) in [5.41, 5.74) is 2.15. The van der Waals surface area contributed by atoms with E-state index in [1.165, 1.54) is 0 Å². The summed E-state index contributed by atoms with van der Waals surface area (Å²) in [5, 5.41) is 7.57. The Morgan fingerprint density at radius 2 is 2.09 bits per heavy atom. The number of carbonyl (C=O) groups is 1. The monoisotopic (exact) mass is 321 g/mol. The Labute approximate surface area is 135 Å². The van der Waals surface area contributed by atoms with E-state index in [2.05, 4.69) is 10.4 Å². The molecule has 0 unspecified atom stereocenters. The Morgan fingerprint density at radius 1 is 1.36 bits per heavy atom. The number of carbonyl (C=O) groups excluding carboxylic acids is 1. The fourth-order valence-electron chi connectivity index (χ4n) is 2.18. The molecule has 5 nitrogen and oxygen atoms in total. The molecule has 0 bridgehead atoms. The third kappa shape index (κ3) is 4.08. The molecule has 1 aromatic carbocycles. The van der Waals surface area contributed by atoms with Crippen LogP contribution in [0.4, 0.5) is 0 Å². The summed E-state index contributed by atoms with van der Waals surface area (Å²) >= 11 is 6.33. The van der Waals surface area contributed by atoms with Crippen molar-refractivity contribution in [3.8, 4) is 0 Å². The normalized spacial score (nSPS) is 10.7. The highest BCUT2D eigenvalue weighted by Gasteiger charge is 2.19. The van der Waals surface area contributed by atoms with Crippen LogP contribution in [0.2, 0.25) is 5.15 Å². The Morgan fingerprint density at radius 3 is 2.77 bits per heavy atom. The van der Waals surface area contributed by atoms with Crippen LogP contribution in [0.3, 0.4) is 0 Å². The molecular weight excluding hydrogens is 302 g/mol. The molecule has 1 aromatic heterocycles. The van der Waals surface area contributed by atoms with Gasteiger partial charge in [0.2, 0.25) is 0 Å². The minimum atomic E-state index is -0.196. The van der Waals surface area contributed by atoms with E-state index < -0.39 is 0 Å². The highest BCUT2D eigenvalue weighted by molar-refractivity contribution is 6.33. The van der Waals surface area contributed by atoms with Gasteiger partial charge in [0.1, 0.15) is 5.15 Å². The van der Waals surface area contributed by atoms with Crippen molar-refractivity contribution in [2.24, 2.45) is 0 Å². The second kappa shape index (κ2) is 7.96. The van der Waals surface area contributed by atoms with E-state index in [4.69, 9.17) is 16.3 Å². The van der Waals surface area contributed by atoms with E-state index in [1.807, 2.05) is 30.3 Å². The lowest BCUT2D eigenvalue weighted by molar-refractivity contribution is 0.0948. The Bertz CT molecular complexity index is 626. The van der Waals surface area contributed by atoms with Crippen molar-refractivity contribution < 1.29 is 9.53 Å². The van der Waals surface area contributed by atoms with E-state index in [1.54, 1.807) is 18.7 Å². The summed E-state index contributed by atoms with van der Waals surface area (Å²) in [7, 11) is 1.64. The smallest absolute Gasteiger partial charge is 0.256 e. The lowest BCUT2D eigenvalue weighted by Gasteiger charge is -2.05. The Hall–Kier alpha value is -1.85. The second-order valence-electron chi connectivity index (χ2n) is 5.00. The van der Waals surface area contributed by atoms with Crippen molar-refractivity contribution in [1.82, 2.24) is 15.1 Å². The molecule has 0 saturated heterocycles. The zero-order valence-electron chi connectivity index (χ0n) is 12.8. The number of hydrogen-bond donors (Lipinski definition) is 1. The molecule has 1 amide bonds. The predicted molar refractivity (Wildman–Crippen MR) is 86.3 cm³/mol.